The van der Waals surface area contributed by atoms with Gasteiger partial charge >= 0.3 is 24.4 Å². The number of alkyl halides is 6. The topological polar surface area (TPSA) is 84.9 Å². The first-order valence-corrected chi connectivity index (χ1v) is 12.0. The Balaban J connectivity index is 1.85. The van der Waals surface area contributed by atoms with Crippen LogP contribution in [0.25, 0.3) is 0 Å². The second-order valence-corrected chi connectivity index (χ2v) is 8.86. The van der Waals surface area contributed by atoms with Gasteiger partial charge in [0.05, 0.1) is 17.7 Å². The predicted octanol–water partition coefficient (Wildman–Crippen LogP) is 5.23. The smallest absolute Gasteiger partial charge is 0.417 e. The van der Waals surface area contributed by atoms with E-state index in [9.17, 15) is 40.7 Å². The number of rotatable bonds is 7. The molecule has 2 aromatic carbocycles. The molecule has 0 aliphatic carbocycles. The highest BCUT2D eigenvalue weighted by Crippen LogP contribution is 2.36. The van der Waals surface area contributed by atoms with Gasteiger partial charge in [-0.05, 0) is 50.1 Å². The average molecular weight is 560 g/mol. The van der Waals surface area contributed by atoms with E-state index in [-0.39, 0.29) is 35.7 Å². The molecule has 0 saturated carbocycles. The highest BCUT2D eigenvalue weighted by Gasteiger charge is 2.39. The summed E-state index contributed by atoms with van der Waals surface area (Å²) < 4.78 is 90.0. The van der Waals surface area contributed by atoms with Crippen molar-refractivity contribution in [1.29, 1.82) is 0 Å². The van der Waals surface area contributed by atoms with Gasteiger partial charge in [0.1, 0.15) is 12.6 Å². The lowest BCUT2D eigenvalue weighted by molar-refractivity contribution is -0.144. The van der Waals surface area contributed by atoms with Crippen LogP contribution >= 0.6 is 0 Å². The zero-order chi connectivity index (χ0) is 28.8. The van der Waals surface area contributed by atoms with E-state index in [4.69, 9.17) is 9.47 Å². The van der Waals surface area contributed by atoms with Gasteiger partial charge in [-0.3, -0.25) is 9.59 Å². The lowest BCUT2D eigenvalue weighted by atomic mass is 9.96. The molecule has 0 unspecified atom stereocenters. The molecule has 1 aliphatic rings. The quantitative estimate of drug-likeness (QED) is 0.369. The maximum absolute atomic E-state index is 13.3. The molecule has 212 valence electrons. The number of nitrogens with zero attached hydrogens (tertiary/aromatic N) is 1. The van der Waals surface area contributed by atoms with Gasteiger partial charge < -0.3 is 14.8 Å². The molecule has 1 saturated heterocycles. The molecule has 0 bridgehead atoms. The van der Waals surface area contributed by atoms with Gasteiger partial charge in [0.25, 0.3) is 5.91 Å². The summed E-state index contributed by atoms with van der Waals surface area (Å²) in [5.74, 6) is -2.67. The van der Waals surface area contributed by atoms with Gasteiger partial charge in [-0.15, -0.1) is 0 Å². The molecule has 13 heteroatoms. The Labute approximate surface area is 220 Å². The summed E-state index contributed by atoms with van der Waals surface area (Å²) in [6, 6.07) is 9.55. The largest absolute Gasteiger partial charge is 0.465 e. The number of esters is 1. The van der Waals surface area contributed by atoms with Gasteiger partial charge in [0.2, 0.25) is 0 Å². The van der Waals surface area contributed by atoms with Crippen LogP contribution < -0.4 is 5.32 Å². The monoisotopic (exact) mass is 560 g/mol. The van der Waals surface area contributed by atoms with Crippen molar-refractivity contribution < 1.29 is 50.2 Å². The predicted molar refractivity (Wildman–Crippen MR) is 126 cm³/mol. The number of ether oxygens (including phenoxy) is 2. The number of piperidine rings is 1. The molecular weight excluding hydrogens is 534 g/mol. The summed E-state index contributed by atoms with van der Waals surface area (Å²) in [7, 11) is 0. The van der Waals surface area contributed by atoms with Crippen LogP contribution in [-0.4, -0.2) is 54.7 Å². The van der Waals surface area contributed by atoms with E-state index in [0.717, 1.165) is 5.56 Å². The number of nitrogens with one attached hydrogen (secondary N) is 1. The Hall–Kier alpha value is -3.61. The maximum atomic E-state index is 13.3. The van der Waals surface area contributed by atoms with Crippen LogP contribution in [0.3, 0.4) is 0 Å². The van der Waals surface area contributed by atoms with Gasteiger partial charge in [0, 0.05) is 18.0 Å². The Kier molecular flexibility index (Phi) is 9.59. The summed E-state index contributed by atoms with van der Waals surface area (Å²) in [4.78, 5) is 38.4. The third-order valence-corrected chi connectivity index (χ3v) is 5.93. The Morgan fingerprint density at radius 2 is 1.59 bits per heavy atom. The van der Waals surface area contributed by atoms with Crippen molar-refractivity contribution in [3.63, 3.8) is 0 Å². The molecule has 0 aromatic heterocycles. The van der Waals surface area contributed by atoms with Gasteiger partial charge in [-0.1, -0.05) is 30.3 Å². The standard InChI is InChI=1S/C26H26F6N2O5/c1-2-38-22(35)15-34(23(36)17-11-18(25(27,28)29)13-19(12-17)26(30,31)32)24(37)39-21-8-9-33-20(14-21)10-16-6-4-3-5-7-16/h3-7,11-13,20-21,33H,2,8-10,14-15H2,1H3/t20-,21+/m1/s1. The molecule has 1 aliphatic heterocycles. The van der Waals surface area contributed by atoms with Gasteiger partial charge in [-0.2, -0.15) is 26.3 Å². The Morgan fingerprint density at radius 3 is 2.15 bits per heavy atom. The summed E-state index contributed by atoms with van der Waals surface area (Å²) in [5.41, 5.74) is -3.56. The molecule has 3 rings (SSSR count). The number of hydrogen-bond acceptors (Lipinski definition) is 6. The van der Waals surface area contributed by atoms with Crippen LogP contribution in [0.1, 0.15) is 46.8 Å². The summed E-state index contributed by atoms with van der Waals surface area (Å²) in [5, 5.41) is 3.28. The third-order valence-electron chi connectivity index (χ3n) is 5.93. The maximum Gasteiger partial charge on any atom is 0.417 e. The SMILES string of the molecule is CCOC(=O)CN(C(=O)O[C@H]1CCN[C@H](Cc2ccccc2)C1)C(=O)c1cc(C(F)(F)F)cc(C(F)(F)F)c1. The molecule has 1 N–H and O–H groups in total. The first kappa shape index (κ1) is 29.9. The minimum absolute atomic E-state index is 0.106. The molecular formula is C26H26F6N2O5. The van der Waals surface area contributed by atoms with E-state index in [1.54, 1.807) is 0 Å². The van der Waals surface area contributed by atoms with Crippen molar-refractivity contribution in [1.82, 2.24) is 10.2 Å². The zero-order valence-electron chi connectivity index (χ0n) is 20.8. The molecule has 7 nitrogen and oxygen atoms in total. The molecule has 0 spiro atoms. The van der Waals surface area contributed by atoms with E-state index in [1.165, 1.54) is 6.92 Å². The van der Waals surface area contributed by atoms with Crippen LogP contribution in [0.5, 0.6) is 0 Å². The normalized spacial score (nSPS) is 17.8. The molecule has 2 amide bonds. The molecule has 0 radical (unpaired) electrons. The minimum atomic E-state index is -5.22. The Morgan fingerprint density at radius 1 is 0.974 bits per heavy atom. The van der Waals surface area contributed by atoms with Gasteiger partial charge in [-0.25, -0.2) is 9.69 Å². The molecule has 1 fully saturated rings. The average Bonchev–Trinajstić information content (AvgIpc) is 2.86. The Bertz CT molecular complexity index is 1140. The molecule has 2 aromatic rings. The fourth-order valence-corrected chi connectivity index (χ4v) is 4.12. The number of benzene rings is 2. The first-order valence-electron chi connectivity index (χ1n) is 12.0. The van der Waals surface area contributed by atoms with Crippen molar-refractivity contribution >= 4 is 18.0 Å². The molecule has 2 atom stereocenters. The van der Waals surface area contributed by atoms with Crippen LogP contribution in [0.15, 0.2) is 48.5 Å². The van der Waals surface area contributed by atoms with E-state index in [2.05, 4.69) is 5.32 Å². The number of halogens is 6. The van der Waals surface area contributed by atoms with Crippen molar-refractivity contribution in [3.8, 4) is 0 Å². The van der Waals surface area contributed by atoms with Crippen LogP contribution in [-0.2, 0) is 33.0 Å². The number of amides is 2. The lowest BCUT2D eigenvalue weighted by Crippen LogP contribution is -2.47. The van der Waals surface area contributed by atoms with Crippen molar-refractivity contribution in [2.75, 3.05) is 19.7 Å². The van der Waals surface area contributed by atoms with Crippen LogP contribution in [0.2, 0.25) is 0 Å². The summed E-state index contributed by atoms with van der Waals surface area (Å²) in [6.45, 7) is 0.672. The highest BCUT2D eigenvalue weighted by atomic mass is 19.4. The van der Waals surface area contributed by atoms with E-state index in [1.807, 2.05) is 30.3 Å². The van der Waals surface area contributed by atoms with Crippen molar-refractivity contribution in [3.05, 3.63) is 70.8 Å². The summed E-state index contributed by atoms with van der Waals surface area (Å²) in [6.07, 6.45) is -11.3. The van der Waals surface area contributed by atoms with Crippen LogP contribution in [0.4, 0.5) is 31.1 Å². The summed E-state index contributed by atoms with van der Waals surface area (Å²) >= 11 is 0. The minimum Gasteiger partial charge on any atom is -0.465 e. The van der Waals surface area contributed by atoms with Gasteiger partial charge in [0.15, 0.2) is 0 Å². The molecule has 1 heterocycles. The van der Waals surface area contributed by atoms with E-state index >= 15 is 0 Å². The van der Waals surface area contributed by atoms with Crippen molar-refractivity contribution in [2.24, 2.45) is 0 Å². The fourth-order valence-electron chi connectivity index (χ4n) is 4.12. The zero-order valence-corrected chi connectivity index (χ0v) is 20.8. The number of carbonyl (C=O) groups is 3. The third kappa shape index (κ3) is 8.44. The number of hydrogen-bond donors (Lipinski definition) is 1. The number of imide groups is 1. The van der Waals surface area contributed by atoms with E-state index in [0.29, 0.717) is 25.8 Å². The second-order valence-electron chi connectivity index (χ2n) is 8.86. The number of carbonyl (C=O) groups excluding carboxylic acids is 3. The van der Waals surface area contributed by atoms with E-state index < -0.39 is 59.7 Å². The van der Waals surface area contributed by atoms with Crippen molar-refractivity contribution in [2.45, 2.75) is 50.7 Å². The highest BCUT2D eigenvalue weighted by molar-refractivity contribution is 6.05. The fraction of sp³-hybridized carbons (Fsp3) is 0.423. The van der Waals surface area contributed by atoms with Crippen LogP contribution in [0, 0.1) is 0 Å². The first-order chi connectivity index (χ1) is 18.3. The second kappa shape index (κ2) is 12.5. The lowest BCUT2D eigenvalue weighted by Gasteiger charge is -2.31. The molecule has 39 heavy (non-hydrogen) atoms.